The van der Waals surface area contributed by atoms with Gasteiger partial charge in [-0.1, -0.05) is 18.2 Å². The average Bonchev–Trinajstić information content (AvgIpc) is 2.97. The minimum absolute atomic E-state index is 0.202. The molecule has 0 radical (unpaired) electrons. The van der Waals surface area contributed by atoms with Gasteiger partial charge in [0.2, 0.25) is 0 Å². The standard InChI is InChI=1S/C12H8N2O2S/c15-11(10-6-3-7-17-10)14-12-13-8-4-1-2-5-9(8)16-12/h1-7H,(H,13,14,15). The van der Waals surface area contributed by atoms with Crippen LogP contribution in [0.25, 0.3) is 11.1 Å². The zero-order chi connectivity index (χ0) is 11.7. The molecule has 0 unspecified atom stereocenters. The van der Waals surface area contributed by atoms with Gasteiger partial charge in [0.15, 0.2) is 5.58 Å². The van der Waals surface area contributed by atoms with Gasteiger partial charge >= 0.3 is 6.01 Å². The number of nitrogens with zero attached hydrogens (tertiary/aromatic N) is 1. The van der Waals surface area contributed by atoms with E-state index in [9.17, 15) is 4.79 Å². The van der Waals surface area contributed by atoms with E-state index in [0.29, 0.717) is 10.5 Å². The molecule has 0 spiro atoms. The fourth-order valence-corrected chi connectivity index (χ4v) is 2.11. The molecule has 2 heterocycles. The van der Waals surface area contributed by atoms with Gasteiger partial charge in [-0.05, 0) is 23.6 Å². The summed E-state index contributed by atoms with van der Waals surface area (Å²) in [6.07, 6.45) is 0. The number of carbonyl (C=O) groups is 1. The molecule has 2 aromatic heterocycles. The van der Waals surface area contributed by atoms with Crippen molar-refractivity contribution in [1.82, 2.24) is 4.98 Å². The molecule has 84 valence electrons. The number of nitrogens with one attached hydrogen (secondary N) is 1. The summed E-state index contributed by atoms with van der Waals surface area (Å²) in [5, 5.41) is 4.48. The molecule has 0 aliphatic rings. The highest BCUT2D eigenvalue weighted by atomic mass is 32.1. The van der Waals surface area contributed by atoms with Gasteiger partial charge in [0, 0.05) is 0 Å². The molecule has 0 aliphatic heterocycles. The van der Waals surface area contributed by atoms with E-state index in [2.05, 4.69) is 10.3 Å². The average molecular weight is 244 g/mol. The highest BCUT2D eigenvalue weighted by Crippen LogP contribution is 2.19. The Kier molecular flexibility index (Phi) is 2.38. The van der Waals surface area contributed by atoms with Crippen molar-refractivity contribution >= 4 is 34.4 Å². The van der Waals surface area contributed by atoms with Crippen molar-refractivity contribution in [3.63, 3.8) is 0 Å². The first kappa shape index (κ1) is 10.0. The second-order valence-electron chi connectivity index (χ2n) is 3.42. The lowest BCUT2D eigenvalue weighted by atomic mass is 10.3. The third kappa shape index (κ3) is 1.92. The summed E-state index contributed by atoms with van der Waals surface area (Å²) < 4.78 is 5.40. The van der Waals surface area contributed by atoms with Crippen LogP contribution in [0.4, 0.5) is 6.01 Å². The van der Waals surface area contributed by atoms with Crippen LogP contribution in [0.2, 0.25) is 0 Å². The Morgan fingerprint density at radius 1 is 1.24 bits per heavy atom. The van der Waals surface area contributed by atoms with Crippen LogP contribution in [-0.4, -0.2) is 10.9 Å². The fourth-order valence-electron chi connectivity index (χ4n) is 1.49. The molecule has 5 heteroatoms. The zero-order valence-corrected chi connectivity index (χ0v) is 9.53. The molecule has 0 saturated heterocycles. The van der Waals surface area contributed by atoms with E-state index in [1.54, 1.807) is 6.07 Å². The lowest BCUT2D eigenvalue weighted by Gasteiger charge is -1.95. The Morgan fingerprint density at radius 3 is 2.88 bits per heavy atom. The molecule has 1 N–H and O–H groups in total. The maximum Gasteiger partial charge on any atom is 0.302 e. The van der Waals surface area contributed by atoms with Crippen molar-refractivity contribution in [3.05, 3.63) is 46.7 Å². The molecule has 0 aliphatic carbocycles. The van der Waals surface area contributed by atoms with Crippen molar-refractivity contribution in [1.29, 1.82) is 0 Å². The molecule has 4 nitrogen and oxygen atoms in total. The highest BCUT2D eigenvalue weighted by molar-refractivity contribution is 7.12. The third-order valence-electron chi connectivity index (χ3n) is 2.26. The Bertz CT molecular complexity index is 625. The lowest BCUT2D eigenvalue weighted by Crippen LogP contribution is -2.10. The number of oxazole rings is 1. The Labute approximate surface area is 101 Å². The smallest absolute Gasteiger partial charge is 0.302 e. The number of rotatable bonds is 2. The van der Waals surface area contributed by atoms with Crippen LogP contribution in [-0.2, 0) is 0 Å². The molecule has 0 saturated carbocycles. The number of benzene rings is 1. The molecule has 1 aromatic carbocycles. The molecular formula is C12H8N2O2S. The van der Waals surface area contributed by atoms with Crippen molar-refractivity contribution in [3.8, 4) is 0 Å². The molecule has 1 amide bonds. The van der Waals surface area contributed by atoms with Crippen LogP contribution < -0.4 is 5.32 Å². The third-order valence-corrected chi connectivity index (χ3v) is 3.13. The van der Waals surface area contributed by atoms with Crippen LogP contribution in [0.15, 0.2) is 46.2 Å². The molecule has 3 rings (SSSR count). The SMILES string of the molecule is O=C(Nc1nc2ccccc2o1)c1cccs1. The normalized spacial score (nSPS) is 10.6. The first-order valence-electron chi connectivity index (χ1n) is 5.03. The van der Waals surface area contributed by atoms with Crippen molar-refractivity contribution in [2.45, 2.75) is 0 Å². The van der Waals surface area contributed by atoms with E-state index in [-0.39, 0.29) is 11.9 Å². The van der Waals surface area contributed by atoms with Gasteiger partial charge in [0.05, 0.1) is 4.88 Å². The number of aromatic nitrogens is 1. The molecule has 0 bridgehead atoms. The summed E-state index contributed by atoms with van der Waals surface area (Å²) in [6.45, 7) is 0. The van der Waals surface area contributed by atoms with Gasteiger partial charge < -0.3 is 4.42 Å². The number of anilines is 1. The summed E-state index contributed by atoms with van der Waals surface area (Å²) in [4.78, 5) is 16.6. The molecule has 3 aromatic rings. The van der Waals surface area contributed by atoms with Gasteiger partial charge in [-0.3, -0.25) is 10.1 Å². The van der Waals surface area contributed by atoms with E-state index in [4.69, 9.17) is 4.42 Å². The Morgan fingerprint density at radius 2 is 2.12 bits per heavy atom. The van der Waals surface area contributed by atoms with Crippen LogP contribution in [0.5, 0.6) is 0 Å². The first-order valence-corrected chi connectivity index (χ1v) is 5.91. The number of para-hydroxylation sites is 2. The number of hydrogen-bond donors (Lipinski definition) is 1. The summed E-state index contributed by atoms with van der Waals surface area (Å²) in [6, 6.07) is 11.2. The van der Waals surface area contributed by atoms with E-state index in [1.165, 1.54) is 11.3 Å². The largest absolute Gasteiger partial charge is 0.423 e. The van der Waals surface area contributed by atoms with Gasteiger partial charge in [-0.25, -0.2) is 0 Å². The van der Waals surface area contributed by atoms with Crippen LogP contribution in [0, 0.1) is 0 Å². The van der Waals surface area contributed by atoms with Crippen LogP contribution >= 0.6 is 11.3 Å². The van der Waals surface area contributed by atoms with E-state index in [1.807, 2.05) is 35.7 Å². The number of thiophene rings is 1. The van der Waals surface area contributed by atoms with Gasteiger partial charge in [0.1, 0.15) is 5.52 Å². The van der Waals surface area contributed by atoms with E-state index in [0.717, 1.165) is 5.52 Å². The monoisotopic (exact) mass is 244 g/mol. The first-order chi connectivity index (χ1) is 8.33. The van der Waals surface area contributed by atoms with Crippen LogP contribution in [0.1, 0.15) is 9.67 Å². The maximum absolute atomic E-state index is 11.8. The summed E-state index contributed by atoms with van der Waals surface area (Å²) in [5.41, 5.74) is 1.39. The number of hydrogen-bond acceptors (Lipinski definition) is 4. The molecule has 17 heavy (non-hydrogen) atoms. The molecule has 0 fully saturated rings. The fraction of sp³-hybridized carbons (Fsp3) is 0. The number of amides is 1. The molecular weight excluding hydrogens is 236 g/mol. The Hall–Kier alpha value is -2.14. The van der Waals surface area contributed by atoms with Gasteiger partial charge in [-0.2, -0.15) is 4.98 Å². The quantitative estimate of drug-likeness (QED) is 0.753. The Balaban J connectivity index is 1.88. The second-order valence-corrected chi connectivity index (χ2v) is 4.37. The lowest BCUT2D eigenvalue weighted by molar-refractivity contribution is 0.102. The van der Waals surface area contributed by atoms with Crippen molar-refractivity contribution in [2.24, 2.45) is 0 Å². The van der Waals surface area contributed by atoms with E-state index >= 15 is 0 Å². The second kappa shape index (κ2) is 4.03. The summed E-state index contributed by atoms with van der Waals surface area (Å²) in [5.74, 6) is -0.202. The predicted octanol–water partition coefficient (Wildman–Crippen LogP) is 3.14. The summed E-state index contributed by atoms with van der Waals surface area (Å²) >= 11 is 1.38. The summed E-state index contributed by atoms with van der Waals surface area (Å²) in [7, 11) is 0. The number of fused-ring (bicyclic) bond motifs is 1. The van der Waals surface area contributed by atoms with Gasteiger partial charge in [0.25, 0.3) is 5.91 Å². The van der Waals surface area contributed by atoms with E-state index < -0.39 is 0 Å². The zero-order valence-electron chi connectivity index (χ0n) is 8.71. The topological polar surface area (TPSA) is 55.1 Å². The number of carbonyl (C=O) groups excluding carboxylic acids is 1. The minimum Gasteiger partial charge on any atom is -0.423 e. The van der Waals surface area contributed by atoms with Gasteiger partial charge in [-0.15, -0.1) is 11.3 Å². The van der Waals surface area contributed by atoms with Crippen LogP contribution in [0.3, 0.4) is 0 Å². The molecule has 0 atom stereocenters. The highest BCUT2D eigenvalue weighted by Gasteiger charge is 2.11. The minimum atomic E-state index is -0.202. The predicted molar refractivity (Wildman–Crippen MR) is 66.3 cm³/mol. The maximum atomic E-state index is 11.8. The van der Waals surface area contributed by atoms with Crippen molar-refractivity contribution < 1.29 is 9.21 Å². The van der Waals surface area contributed by atoms with Crippen molar-refractivity contribution in [2.75, 3.05) is 5.32 Å².